The second-order valence-electron chi connectivity index (χ2n) is 7.26. The molecule has 0 saturated carbocycles. The lowest BCUT2D eigenvalue weighted by atomic mass is 10.1. The minimum Gasteiger partial charge on any atom is -0.351 e. The smallest absolute Gasteiger partial charge is 0.243 e. The second kappa shape index (κ2) is 10.6. The van der Waals surface area contributed by atoms with Gasteiger partial charge in [0, 0.05) is 18.1 Å². The van der Waals surface area contributed by atoms with E-state index in [0.717, 1.165) is 16.7 Å². The van der Waals surface area contributed by atoms with Crippen LogP contribution in [-0.2, 0) is 27.8 Å². The van der Waals surface area contributed by atoms with E-state index in [4.69, 9.17) is 11.6 Å². The zero-order valence-corrected chi connectivity index (χ0v) is 18.9. The fourth-order valence-corrected chi connectivity index (χ4v) is 4.69. The monoisotopic (exact) mass is 456 g/mol. The minimum atomic E-state index is -3.83. The number of hydrogen-bond donors (Lipinski definition) is 1. The molecule has 3 aromatic rings. The number of carbonyl (C=O) groups is 1. The Balaban J connectivity index is 1.75. The van der Waals surface area contributed by atoms with Crippen molar-refractivity contribution in [3.8, 4) is 0 Å². The molecule has 0 aliphatic carbocycles. The van der Waals surface area contributed by atoms with Crippen LogP contribution in [0.5, 0.6) is 0 Å². The molecular formula is C24H25ClN2O3S. The van der Waals surface area contributed by atoms with Crippen LogP contribution >= 0.6 is 11.6 Å². The van der Waals surface area contributed by atoms with Gasteiger partial charge in [-0.05, 0) is 42.7 Å². The first-order chi connectivity index (χ1) is 14.9. The van der Waals surface area contributed by atoms with Gasteiger partial charge in [0.25, 0.3) is 0 Å². The Kier molecular flexibility index (Phi) is 7.85. The Hall–Kier alpha value is -2.67. The molecule has 0 aliphatic rings. The van der Waals surface area contributed by atoms with Crippen LogP contribution in [-0.4, -0.2) is 31.7 Å². The van der Waals surface area contributed by atoms with E-state index >= 15 is 0 Å². The van der Waals surface area contributed by atoms with Gasteiger partial charge in [-0.15, -0.1) is 0 Å². The molecule has 0 bridgehead atoms. The minimum absolute atomic E-state index is 0.171. The molecule has 0 fully saturated rings. The van der Waals surface area contributed by atoms with E-state index in [-0.39, 0.29) is 30.4 Å². The average Bonchev–Trinajstić information content (AvgIpc) is 2.77. The average molecular weight is 457 g/mol. The Bertz CT molecular complexity index is 1120. The fraction of sp³-hybridized carbons (Fsp3) is 0.208. The van der Waals surface area contributed by atoms with E-state index in [1.807, 2.05) is 55.5 Å². The van der Waals surface area contributed by atoms with E-state index in [9.17, 15) is 13.2 Å². The van der Waals surface area contributed by atoms with Crippen molar-refractivity contribution in [2.24, 2.45) is 0 Å². The highest BCUT2D eigenvalue weighted by Crippen LogP contribution is 2.18. The molecule has 5 nitrogen and oxygen atoms in total. The Morgan fingerprint density at radius 3 is 2.26 bits per heavy atom. The van der Waals surface area contributed by atoms with Crippen molar-refractivity contribution in [3.05, 3.63) is 101 Å². The molecule has 0 atom stereocenters. The van der Waals surface area contributed by atoms with Crippen LogP contribution in [0.3, 0.4) is 0 Å². The van der Waals surface area contributed by atoms with Crippen molar-refractivity contribution in [1.29, 1.82) is 0 Å². The second-order valence-corrected chi connectivity index (χ2v) is 9.60. The van der Waals surface area contributed by atoms with Gasteiger partial charge in [0.15, 0.2) is 0 Å². The number of sulfonamides is 1. The van der Waals surface area contributed by atoms with E-state index < -0.39 is 10.0 Å². The molecule has 0 heterocycles. The lowest BCUT2D eigenvalue weighted by Gasteiger charge is -2.22. The highest BCUT2D eigenvalue weighted by Gasteiger charge is 2.26. The third kappa shape index (κ3) is 6.40. The van der Waals surface area contributed by atoms with Gasteiger partial charge in [0.1, 0.15) is 0 Å². The number of nitrogens with one attached hydrogen (secondary N) is 1. The summed E-state index contributed by atoms with van der Waals surface area (Å²) in [4.78, 5) is 12.8. The molecule has 7 heteroatoms. The Morgan fingerprint density at radius 2 is 1.58 bits per heavy atom. The van der Waals surface area contributed by atoms with Gasteiger partial charge in [-0.25, -0.2) is 8.42 Å². The highest BCUT2D eigenvalue weighted by molar-refractivity contribution is 7.89. The van der Waals surface area contributed by atoms with Crippen LogP contribution in [0.25, 0.3) is 0 Å². The zero-order valence-electron chi connectivity index (χ0n) is 17.3. The third-order valence-corrected chi connectivity index (χ3v) is 7.13. The summed E-state index contributed by atoms with van der Waals surface area (Å²) in [5, 5.41) is 3.32. The molecular weight excluding hydrogens is 432 g/mol. The largest absolute Gasteiger partial charge is 0.351 e. The number of benzene rings is 3. The number of carbonyl (C=O) groups excluding carboxylic acids is 1. The molecule has 162 valence electrons. The lowest BCUT2D eigenvalue weighted by molar-refractivity contribution is -0.121. The molecule has 0 unspecified atom stereocenters. The topological polar surface area (TPSA) is 66.5 Å². The van der Waals surface area contributed by atoms with E-state index in [2.05, 4.69) is 5.32 Å². The van der Waals surface area contributed by atoms with Gasteiger partial charge in [0.05, 0.1) is 11.4 Å². The van der Waals surface area contributed by atoms with E-state index in [0.29, 0.717) is 11.4 Å². The number of rotatable bonds is 9. The van der Waals surface area contributed by atoms with Gasteiger partial charge in [-0.1, -0.05) is 77.8 Å². The fourth-order valence-electron chi connectivity index (χ4n) is 3.09. The van der Waals surface area contributed by atoms with Crippen molar-refractivity contribution in [2.45, 2.75) is 24.8 Å². The van der Waals surface area contributed by atoms with Crippen LogP contribution in [0.1, 0.15) is 16.7 Å². The third-order valence-electron chi connectivity index (χ3n) is 4.91. The normalized spacial score (nSPS) is 11.5. The number of aryl methyl sites for hydroxylation is 1. The first kappa shape index (κ1) is 23.0. The van der Waals surface area contributed by atoms with Crippen LogP contribution < -0.4 is 5.32 Å². The summed E-state index contributed by atoms with van der Waals surface area (Å²) in [7, 11) is -3.83. The molecule has 0 aromatic heterocycles. The first-order valence-electron chi connectivity index (χ1n) is 9.97. The molecule has 0 saturated heterocycles. The lowest BCUT2D eigenvalue weighted by Crippen LogP contribution is -2.41. The molecule has 3 rings (SSSR count). The summed E-state index contributed by atoms with van der Waals surface area (Å²) < 4.78 is 27.7. The summed E-state index contributed by atoms with van der Waals surface area (Å²) in [5.74, 6) is -0.385. The Labute approximate surface area is 188 Å². The van der Waals surface area contributed by atoms with Crippen molar-refractivity contribution >= 4 is 27.5 Å². The van der Waals surface area contributed by atoms with Crippen LogP contribution in [0, 0.1) is 6.92 Å². The first-order valence-corrected chi connectivity index (χ1v) is 11.8. The molecule has 31 heavy (non-hydrogen) atoms. The van der Waals surface area contributed by atoms with Crippen molar-refractivity contribution in [1.82, 2.24) is 9.62 Å². The molecule has 0 radical (unpaired) electrons. The molecule has 1 N–H and O–H groups in total. The number of nitrogens with zero attached hydrogens (tertiary/aromatic N) is 1. The molecule has 0 aliphatic heterocycles. The maximum Gasteiger partial charge on any atom is 0.243 e. The van der Waals surface area contributed by atoms with Crippen molar-refractivity contribution in [3.63, 3.8) is 0 Å². The van der Waals surface area contributed by atoms with Gasteiger partial charge in [-0.2, -0.15) is 4.31 Å². The predicted molar refractivity (Wildman–Crippen MR) is 123 cm³/mol. The number of amides is 1. The van der Waals surface area contributed by atoms with Gasteiger partial charge >= 0.3 is 0 Å². The van der Waals surface area contributed by atoms with Crippen LogP contribution in [0.2, 0.25) is 5.02 Å². The summed E-state index contributed by atoms with van der Waals surface area (Å²) in [6, 6.07) is 23.5. The zero-order chi connectivity index (χ0) is 22.3. The van der Waals surface area contributed by atoms with Gasteiger partial charge in [-0.3, -0.25) is 4.79 Å². The van der Waals surface area contributed by atoms with Crippen LogP contribution in [0.4, 0.5) is 0 Å². The Morgan fingerprint density at radius 1 is 0.935 bits per heavy atom. The summed E-state index contributed by atoms with van der Waals surface area (Å²) in [6.07, 6.45) is 0.504. The SMILES string of the molecule is Cc1ccc(S(=O)(=O)N(CCc2ccccc2)CC(=O)NCc2ccccc2Cl)cc1. The summed E-state index contributed by atoms with van der Waals surface area (Å²) in [5.41, 5.74) is 2.74. The van der Waals surface area contributed by atoms with E-state index in [1.54, 1.807) is 30.3 Å². The molecule has 3 aromatic carbocycles. The van der Waals surface area contributed by atoms with E-state index in [1.165, 1.54) is 4.31 Å². The molecule has 1 amide bonds. The maximum atomic E-state index is 13.3. The maximum absolute atomic E-state index is 13.3. The van der Waals surface area contributed by atoms with Gasteiger partial charge in [0.2, 0.25) is 15.9 Å². The van der Waals surface area contributed by atoms with Gasteiger partial charge < -0.3 is 5.32 Å². The predicted octanol–water partition coefficient (Wildman–Crippen LogP) is 4.20. The standard InChI is InChI=1S/C24H25ClN2O3S/c1-19-11-13-22(14-12-19)31(29,30)27(16-15-20-7-3-2-4-8-20)18-24(28)26-17-21-9-5-6-10-23(21)25/h2-14H,15-18H2,1H3,(H,26,28). The van der Waals surface area contributed by atoms with Crippen LogP contribution in [0.15, 0.2) is 83.8 Å². The summed E-state index contributed by atoms with van der Waals surface area (Å²) >= 11 is 6.14. The van der Waals surface area contributed by atoms with Crippen molar-refractivity contribution in [2.75, 3.05) is 13.1 Å². The van der Waals surface area contributed by atoms with Crippen molar-refractivity contribution < 1.29 is 13.2 Å². The number of halogens is 1. The highest BCUT2D eigenvalue weighted by atomic mass is 35.5. The quantitative estimate of drug-likeness (QED) is 0.524. The molecule has 0 spiro atoms. The number of hydrogen-bond acceptors (Lipinski definition) is 3. The summed E-state index contributed by atoms with van der Waals surface area (Å²) in [6.45, 7) is 2.05.